The number of anilines is 3. The monoisotopic (exact) mass is 485 g/mol. The Hall–Kier alpha value is -3.73. The first-order valence-corrected chi connectivity index (χ1v) is 11.2. The molecule has 4 aromatic rings. The number of fused-ring (bicyclic) bond motifs is 1. The van der Waals surface area contributed by atoms with E-state index in [4.69, 9.17) is 5.10 Å². The van der Waals surface area contributed by atoms with Crippen LogP contribution in [0.25, 0.3) is 16.9 Å². The minimum absolute atomic E-state index is 0.285. The maximum atomic E-state index is 14.1. The van der Waals surface area contributed by atoms with Crippen molar-refractivity contribution >= 4 is 23.0 Å². The minimum atomic E-state index is -4.65. The number of nitrogens with one attached hydrogen (secondary N) is 2. The fourth-order valence-electron chi connectivity index (χ4n) is 4.06. The topological polar surface area (TPSA) is 70.4 Å². The number of imidazole rings is 1. The third-order valence-corrected chi connectivity index (χ3v) is 6.04. The minimum Gasteiger partial charge on any atom is -0.366 e. The number of hydrogen-bond acceptors (Lipinski definition) is 6. The van der Waals surface area contributed by atoms with Crippen molar-refractivity contribution < 1.29 is 17.6 Å². The van der Waals surface area contributed by atoms with Crippen molar-refractivity contribution in [2.24, 2.45) is 0 Å². The molecule has 0 saturated carbocycles. The molecule has 2 N–H and O–H groups in total. The number of pyridine rings is 1. The van der Waals surface area contributed by atoms with Gasteiger partial charge in [-0.15, -0.1) is 5.10 Å². The summed E-state index contributed by atoms with van der Waals surface area (Å²) in [5, 5.41) is 10.9. The van der Waals surface area contributed by atoms with Gasteiger partial charge in [0.05, 0.1) is 17.5 Å². The maximum Gasteiger partial charge on any atom is 0.417 e. The molecule has 35 heavy (non-hydrogen) atoms. The molecule has 5 rings (SSSR count). The Kier molecular flexibility index (Phi) is 6.01. The first kappa shape index (κ1) is 23.0. The van der Waals surface area contributed by atoms with Gasteiger partial charge in [-0.25, -0.2) is 18.9 Å². The Morgan fingerprint density at radius 3 is 2.40 bits per heavy atom. The van der Waals surface area contributed by atoms with Crippen LogP contribution < -0.4 is 10.6 Å². The molecular formula is C24H23F4N7. The number of alkyl halides is 3. The summed E-state index contributed by atoms with van der Waals surface area (Å²) in [6, 6.07) is 11.6. The van der Waals surface area contributed by atoms with E-state index in [0.29, 0.717) is 29.6 Å². The SMILES string of the molecule is CN1CCC(Nc2ccc3ncc(-c4ccc(Nc5ncc(C(F)(F)F)cc5F)cc4)n3n2)CC1. The molecule has 0 radical (unpaired) electrons. The zero-order valence-corrected chi connectivity index (χ0v) is 18.8. The Bertz CT molecular complexity index is 1330. The highest BCUT2D eigenvalue weighted by molar-refractivity contribution is 5.67. The van der Waals surface area contributed by atoms with Crippen molar-refractivity contribution in [2.45, 2.75) is 25.1 Å². The molecule has 1 aliphatic rings. The summed E-state index contributed by atoms with van der Waals surface area (Å²) in [7, 11) is 2.12. The number of likely N-dealkylation sites (tertiary alicyclic amines) is 1. The van der Waals surface area contributed by atoms with Crippen LogP contribution in [-0.2, 0) is 6.18 Å². The lowest BCUT2D eigenvalue weighted by molar-refractivity contribution is -0.138. The molecule has 7 nitrogen and oxygen atoms in total. The number of aromatic nitrogens is 4. The molecule has 0 amide bonds. The molecule has 4 heterocycles. The van der Waals surface area contributed by atoms with Crippen LogP contribution in [0.3, 0.4) is 0 Å². The van der Waals surface area contributed by atoms with E-state index in [0.717, 1.165) is 43.0 Å². The fourth-order valence-corrected chi connectivity index (χ4v) is 4.06. The number of hydrogen-bond donors (Lipinski definition) is 2. The van der Waals surface area contributed by atoms with Crippen LogP contribution in [0.2, 0.25) is 0 Å². The largest absolute Gasteiger partial charge is 0.417 e. The van der Waals surface area contributed by atoms with E-state index < -0.39 is 17.6 Å². The quantitative estimate of drug-likeness (QED) is 0.379. The summed E-state index contributed by atoms with van der Waals surface area (Å²) in [5.41, 5.74) is 1.64. The van der Waals surface area contributed by atoms with Crippen LogP contribution in [0, 0.1) is 5.82 Å². The van der Waals surface area contributed by atoms with Gasteiger partial charge >= 0.3 is 6.18 Å². The molecule has 3 aromatic heterocycles. The van der Waals surface area contributed by atoms with Crippen LogP contribution in [-0.4, -0.2) is 50.7 Å². The van der Waals surface area contributed by atoms with Crippen molar-refractivity contribution in [3.63, 3.8) is 0 Å². The number of benzene rings is 1. The van der Waals surface area contributed by atoms with E-state index in [2.05, 4.69) is 32.5 Å². The molecule has 1 aliphatic heterocycles. The van der Waals surface area contributed by atoms with Crippen LogP contribution in [0.4, 0.5) is 34.9 Å². The number of nitrogens with zero attached hydrogens (tertiary/aromatic N) is 5. The van der Waals surface area contributed by atoms with Gasteiger partial charge in [-0.2, -0.15) is 13.2 Å². The van der Waals surface area contributed by atoms with E-state index in [1.807, 2.05) is 12.1 Å². The summed E-state index contributed by atoms with van der Waals surface area (Å²) < 4.78 is 54.1. The second kappa shape index (κ2) is 9.14. The summed E-state index contributed by atoms with van der Waals surface area (Å²) in [6.07, 6.45) is -0.230. The highest BCUT2D eigenvalue weighted by Gasteiger charge is 2.32. The average molecular weight is 485 g/mol. The zero-order chi connectivity index (χ0) is 24.6. The molecule has 0 bridgehead atoms. The lowest BCUT2D eigenvalue weighted by atomic mass is 10.1. The maximum absolute atomic E-state index is 14.1. The zero-order valence-electron chi connectivity index (χ0n) is 18.8. The smallest absolute Gasteiger partial charge is 0.366 e. The van der Waals surface area contributed by atoms with Gasteiger partial charge in [0.2, 0.25) is 0 Å². The lowest BCUT2D eigenvalue weighted by Crippen LogP contribution is -2.36. The first-order valence-electron chi connectivity index (χ1n) is 11.2. The predicted molar refractivity (Wildman–Crippen MR) is 125 cm³/mol. The van der Waals surface area contributed by atoms with Gasteiger partial charge in [-0.3, -0.25) is 0 Å². The molecule has 11 heteroatoms. The van der Waals surface area contributed by atoms with Gasteiger partial charge in [0.15, 0.2) is 17.3 Å². The van der Waals surface area contributed by atoms with E-state index >= 15 is 0 Å². The third kappa shape index (κ3) is 5.04. The van der Waals surface area contributed by atoms with Crippen molar-refractivity contribution in [3.8, 4) is 11.3 Å². The molecule has 0 spiro atoms. The Morgan fingerprint density at radius 2 is 1.71 bits per heavy atom. The molecule has 182 valence electrons. The number of piperidine rings is 1. The summed E-state index contributed by atoms with van der Waals surface area (Å²) in [6.45, 7) is 2.09. The summed E-state index contributed by atoms with van der Waals surface area (Å²) in [4.78, 5) is 10.3. The van der Waals surface area contributed by atoms with Crippen molar-refractivity contribution in [2.75, 3.05) is 30.8 Å². The number of rotatable bonds is 5. The average Bonchev–Trinajstić information content (AvgIpc) is 3.25. The highest BCUT2D eigenvalue weighted by Crippen LogP contribution is 2.31. The molecule has 0 atom stereocenters. The molecule has 0 unspecified atom stereocenters. The molecular weight excluding hydrogens is 462 g/mol. The lowest BCUT2D eigenvalue weighted by Gasteiger charge is -2.29. The molecule has 1 fully saturated rings. The molecule has 0 aliphatic carbocycles. The van der Waals surface area contributed by atoms with E-state index in [9.17, 15) is 17.6 Å². The normalized spacial score (nSPS) is 15.5. The van der Waals surface area contributed by atoms with Gasteiger partial charge in [-0.1, -0.05) is 12.1 Å². The Balaban J connectivity index is 1.33. The van der Waals surface area contributed by atoms with Crippen molar-refractivity contribution in [1.29, 1.82) is 0 Å². The van der Waals surface area contributed by atoms with E-state index in [1.54, 1.807) is 35.0 Å². The first-order chi connectivity index (χ1) is 16.8. The van der Waals surface area contributed by atoms with Crippen molar-refractivity contribution in [3.05, 3.63) is 66.2 Å². The second-order valence-corrected chi connectivity index (χ2v) is 8.61. The Labute approximate surface area is 198 Å². The van der Waals surface area contributed by atoms with Gasteiger partial charge < -0.3 is 15.5 Å². The van der Waals surface area contributed by atoms with Crippen molar-refractivity contribution in [1.82, 2.24) is 24.5 Å². The van der Waals surface area contributed by atoms with Crippen LogP contribution in [0.15, 0.2) is 54.9 Å². The van der Waals surface area contributed by atoms with Crippen LogP contribution in [0.1, 0.15) is 18.4 Å². The Morgan fingerprint density at radius 1 is 0.971 bits per heavy atom. The second-order valence-electron chi connectivity index (χ2n) is 8.61. The standard InChI is InChI=1S/C24H23F4N7/c1-34-10-8-18(9-11-34)31-21-6-7-22-29-14-20(35(22)33-21)15-2-4-17(5-3-15)32-23-19(25)12-16(13-30-23)24(26,27)28/h2-7,12-14,18H,8-11H2,1H3,(H,30,32)(H,31,33). The highest BCUT2D eigenvalue weighted by atomic mass is 19.4. The summed E-state index contributed by atoms with van der Waals surface area (Å²) in [5.74, 6) is -0.597. The van der Waals surface area contributed by atoms with Gasteiger partial charge in [0.25, 0.3) is 0 Å². The molecule has 1 aromatic carbocycles. The number of halogens is 4. The molecule has 1 saturated heterocycles. The van der Waals surface area contributed by atoms with Crippen LogP contribution >= 0.6 is 0 Å². The fraction of sp³-hybridized carbons (Fsp3) is 0.292. The summed E-state index contributed by atoms with van der Waals surface area (Å²) >= 11 is 0. The van der Waals surface area contributed by atoms with E-state index in [-0.39, 0.29) is 5.82 Å². The third-order valence-electron chi connectivity index (χ3n) is 6.04. The van der Waals surface area contributed by atoms with Gasteiger partial charge in [-0.05, 0) is 63.3 Å². The predicted octanol–water partition coefficient (Wildman–Crippen LogP) is 5.20. The van der Waals surface area contributed by atoms with Gasteiger partial charge in [0, 0.05) is 23.5 Å². The van der Waals surface area contributed by atoms with Gasteiger partial charge in [0.1, 0.15) is 5.82 Å². The van der Waals surface area contributed by atoms with E-state index in [1.165, 1.54) is 0 Å². The van der Waals surface area contributed by atoms with Crippen LogP contribution in [0.5, 0.6) is 0 Å².